The molecule has 0 unspecified atom stereocenters. The number of nitrogens with zero attached hydrogens (tertiary/aromatic N) is 3. The van der Waals surface area contributed by atoms with Crippen LogP contribution in [0.1, 0.15) is 47.8 Å². The van der Waals surface area contributed by atoms with Gasteiger partial charge in [0, 0.05) is 39.6 Å². The molecule has 0 bridgehead atoms. The molecule has 30 heavy (non-hydrogen) atoms. The van der Waals surface area contributed by atoms with Crippen LogP contribution in [-0.4, -0.2) is 9.97 Å². The minimum atomic E-state index is -0.145. The molecule has 0 radical (unpaired) electrons. The molecule has 0 amide bonds. The Balaban J connectivity index is 2.01. The van der Waals surface area contributed by atoms with E-state index in [9.17, 15) is 0 Å². The summed E-state index contributed by atoms with van der Waals surface area (Å²) < 4.78 is 2.29. The molecular weight excluding hydrogens is 366 g/mol. The molecule has 4 aromatic rings. The van der Waals surface area contributed by atoms with Gasteiger partial charge in [0.1, 0.15) is 12.9 Å². The molecule has 2 aromatic heterocycles. The van der Waals surface area contributed by atoms with E-state index < -0.39 is 0 Å². The van der Waals surface area contributed by atoms with Crippen LogP contribution in [0.3, 0.4) is 0 Å². The van der Waals surface area contributed by atoms with Gasteiger partial charge in [-0.1, -0.05) is 44.2 Å². The predicted molar refractivity (Wildman–Crippen MR) is 123 cm³/mol. The van der Waals surface area contributed by atoms with E-state index in [4.69, 9.17) is 9.97 Å². The summed E-state index contributed by atoms with van der Waals surface area (Å²) in [5.41, 5.74) is 11.1. The van der Waals surface area contributed by atoms with Crippen LogP contribution >= 0.6 is 0 Å². The highest BCUT2D eigenvalue weighted by molar-refractivity contribution is 6.04. The Morgan fingerprint density at radius 1 is 0.833 bits per heavy atom. The number of pyridine rings is 1. The Labute approximate surface area is 178 Å². The van der Waals surface area contributed by atoms with Crippen LogP contribution in [-0.2, 0) is 12.5 Å². The SMILES string of the molecule is Cc1nc(C)c(-c2cc[n+](C)c3c2C(C)(C)c2cccc4ccc(C)c-3c24)c(C)n1. The van der Waals surface area contributed by atoms with Gasteiger partial charge in [0.2, 0.25) is 5.69 Å². The third kappa shape index (κ3) is 2.41. The Morgan fingerprint density at radius 2 is 1.53 bits per heavy atom. The third-order valence-electron chi connectivity index (χ3n) is 6.76. The molecule has 5 rings (SSSR count). The van der Waals surface area contributed by atoms with Crippen LogP contribution in [0, 0.1) is 27.7 Å². The van der Waals surface area contributed by atoms with E-state index in [-0.39, 0.29) is 5.41 Å². The van der Waals surface area contributed by atoms with Gasteiger partial charge in [-0.2, -0.15) is 0 Å². The first-order valence-electron chi connectivity index (χ1n) is 10.6. The van der Waals surface area contributed by atoms with E-state index in [0.717, 1.165) is 22.8 Å². The summed E-state index contributed by atoms with van der Waals surface area (Å²) in [4.78, 5) is 9.43. The number of hydrogen-bond donors (Lipinski definition) is 0. The number of aromatic nitrogens is 3. The van der Waals surface area contributed by atoms with Crippen molar-refractivity contribution in [2.24, 2.45) is 7.05 Å². The van der Waals surface area contributed by atoms with E-state index in [1.807, 2.05) is 6.92 Å². The van der Waals surface area contributed by atoms with E-state index >= 15 is 0 Å². The molecule has 0 spiro atoms. The fourth-order valence-electron chi connectivity index (χ4n) is 5.51. The Morgan fingerprint density at radius 3 is 2.23 bits per heavy atom. The monoisotopic (exact) mass is 394 g/mol. The van der Waals surface area contributed by atoms with E-state index in [2.05, 4.69) is 88.8 Å². The van der Waals surface area contributed by atoms with Crippen molar-refractivity contribution in [3.05, 3.63) is 76.5 Å². The van der Waals surface area contributed by atoms with Crippen LogP contribution in [0.4, 0.5) is 0 Å². The van der Waals surface area contributed by atoms with Crippen molar-refractivity contribution in [2.75, 3.05) is 0 Å². The van der Waals surface area contributed by atoms with Gasteiger partial charge in [-0.3, -0.25) is 0 Å². The molecule has 0 aliphatic heterocycles. The van der Waals surface area contributed by atoms with Crippen LogP contribution in [0.25, 0.3) is 33.2 Å². The molecule has 3 heteroatoms. The van der Waals surface area contributed by atoms with Crippen molar-refractivity contribution in [1.29, 1.82) is 0 Å². The Kier molecular flexibility index (Phi) is 3.92. The standard InChI is InChI=1S/C27H28N3/c1-15-11-12-19-9-8-10-21-24(19)22(15)26-25(27(21,5)6)20(13-14-30(26)7)23-16(2)28-18(4)29-17(23)3/h8-14H,1-7H3/q+1. The van der Waals surface area contributed by atoms with Crippen LogP contribution in [0.2, 0.25) is 0 Å². The highest BCUT2D eigenvalue weighted by atomic mass is 14.9. The molecule has 0 N–H and O–H groups in total. The van der Waals surface area contributed by atoms with Crippen molar-refractivity contribution in [3.63, 3.8) is 0 Å². The second kappa shape index (κ2) is 6.21. The zero-order valence-corrected chi connectivity index (χ0v) is 18.9. The number of aryl methyl sites for hydroxylation is 5. The summed E-state index contributed by atoms with van der Waals surface area (Å²) in [6.45, 7) is 13.1. The fraction of sp³-hybridized carbons (Fsp3) is 0.296. The van der Waals surface area contributed by atoms with E-state index in [1.165, 1.54) is 44.3 Å². The van der Waals surface area contributed by atoms with Crippen LogP contribution < -0.4 is 4.57 Å². The van der Waals surface area contributed by atoms with Gasteiger partial charge in [0.25, 0.3) is 0 Å². The minimum absolute atomic E-state index is 0.145. The first-order chi connectivity index (χ1) is 14.2. The summed E-state index contributed by atoms with van der Waals surface area (Å²) >= 11 is 0. The van der Waals surface area contributed by atoms with Gasteiger partial charge in [-0.15, -0.1) is 0 Å². The lowest BCUT2D eigenvalue weighted by Crippen LogP contribution is -2.38. The zero-order chi connectivity index (χ0) is 21.4. The largest absolute Gasteiger partial charge is 0.238 e. The van der Waals surface area contributed by atoms with Gasteiger partial charge < -0.3 is 0 Å². The van der Waals surface area contributed by atoms with Crippen LogP contribution in [0.5, 0.6) is 0 Å². The zero-order valence-electron chi connectivity index (χ0n) is 18.9. The number of rotatable bonds is 1. The molecule has 0 saturated heterocycles. The van der Waals surface area contributed by atoms with Crippen molar-refractivity contribution in [2.45, 2.75) is 47.0 Å². The average Bonchev–Trinajstić information content (AvgIpc) is 2.67. The molecule has 2 heterocycles. The molecule has 0 fully saturated rings. The van der Waals surface area contributed by atoms with E-state index in [1.54, 1.807) is 0 Å². The lowest BCUT2D eigenvalue weighted by atomic mass is 9.67. The van der Waals surface area contributed by atoms with Gasteiger partial charge >= 0.3 is 0 Å². The fourth-order valence-corrected chi connectivity index (χ4v) is 5.51. The summed E-state index contributed by atoms with van der Waals surface area (Å²) in [6, 6.07) is 13.5. The first-order valence-corrected chi connectivity index (χ1v) is 10.6. The molecule has 1 aliphatic carbocycles. The van der Waals surface area contributed by atoms with Crippen molar-refractivity contribution in [1.82, 2.24) is 9.97 Å². The molecule has 3 nitrogen and oxygen atoms in total. The maximum Gasteiger partial charge on any atom is 0.217 e. The summed E-state index contributed by atoms with van der Waals surface area (Å²) in [6.07, 6.45) is 2.19. The second-order valence-corrected chi connectivity index (χ2v) is 9.17. The molecular formula is C27H28N3+. The van der Waals surface area contributed by atoms with Crippen LogP contribution in [0.15, 0.2) is 42.6 Å². The number of hydrogen-bond acceptors (Lipinski definition) is 2. The normalized spacial score (nSPS) is 14.1. The highest BCUT2D eigenvalue weighted by Crippen LogP contribution is 2.51. The predicted octanol–water partition coefficient (Wildman–Crippen LogP) is 5.66. The summed E-state index contributed by atoms with van der Waals surface area (Å²) in [5.74, 6) is 0.828. The summed E-state index contributed by atoms with van der Waals surface area (Å²) in [5, 5.41) is 2.69. The molecule has 2 aromatic carbocycles. The lowest BCUT2D eigenvalue weighted by Gasteiger charge is -2.35. The highest BCUT2D eigenvalue weighted by Gasteiger charge is 2.41. The van der Waals surface area contributed by atoms with E-state index in [0.29, 0.717) is 0 Å². The van der Waals surface area contributed by atoms with Crippen molar-refractivity contribution in [3.8, 4) is 22.4 Å². The summed E-state index contributed by atoms with van der Waals surface area (Å²) in [7, 11) is 2.16. The maximum atomic E-state index is 4.71. The lowest BCUT2D eigenvalue weighted by molar-refractivity contribution is -0.660. The van der Waals surface area contributed by atoms with Gasteiger partial charge in [-0.05, 0) is 49.6 Å². The maximum absolute atomic E-state index is 4.71. The number of benzene rings is 2. The topological polar surface area (TPSA) is 29.7 Å². The third-order valence-corrected chi connectivity index (χ3v) is 6.76. The quantitative estimate of drug-likeness (QED) is 0.390. The molecule has 0 saturated carbocycles. The average molecular weight is 395 g/mol. The number of fused-ring (bicyclic) bond motifs is 2. The Bertz CT molecular complexity index is 1340. The van der Waals surface area contributed by atoms with Crippen molar-refractivity contribution < 1.29 is 4.57 Å². The minimum Gasteiger partial charge on any atom is -0.238 e. The molecule has 0 atom stereocenters. The van der Waals surface area contributed by atoms with Gasteiger partial charge in [-0.25, -0.2) is 14.5 Å². The van der Waals surface area contributed by atoms with Crippen molar-refractivity contribution >= 4 is 10.8 Å². The molecule has 1 aliphatic rings. The molecule has 150 valence electrons. The Hall–Kier alpha value is -3.07. The first kappa shape index (κ1) is 18.9. The van der Waals surface area contributed by atoms with Gasteiger partial charge in [0.15, 0.2) is 6.20 Å². The smallest absolute Gasteiger partial charge is 0.217 e. The second-order valence-electron chi connectivity index (χ2n) is 9.17. The van der Waals surface area contributed by atoms with Gasteiger partial charge in [0.05, 0.1) is 5.56 Å².